The molecule has 0 spiro atoms. The van der Waals surface area contributed by atoms with Crippen molar-refractivity contribution >= 4 is 11.8 Å². The summed E-state index contributed by atoms with van der Waals surface area (Å²) in [5.41, 5.74) is 1.68. The zero-order chi connectivity index (χ0) is 20.4. The summed E-state index contributed by atoms with van der Waals surface area (Å²) in [6, 6.07) is 11.0. The number of hydrogen-bond donors (Lipinski definition) is 0. The molecule has 2 aliphatic rings. The Morgan fingerprint density at radius 2 is 1.69 bits per heavy atom. The van der Waals surface area contributed by atoms with Crippen LogP contribution in [0.5, 0.6) is 5.75 Å². The number of rotatable bonds is 5. The van der Waals surface area contributed by atoms with E-state index in [2.05, 4.69) is 4.98 Å². The fraction of sp³-hybridized carbons (Fsp3) is 0.409. The van der Waals surface area contributed by atoms with Crippen molar-refractivity contribution in [2.45, 2.75) is 31.0 Å². The molecule has 3 heterocycles. The highest BCUT2D eigenvalue weighted by molar-refractivity contribution is 5.94. The monoisotopic (exact) mass is 395 g/mol. The van der Waals surface area contributed by atoms with Gasteiger partial charge in [0.1, 0.15) is 5.75 Å². The number of benzene rings is 1. The molecular formula is C22H25N3O4. The van der Waals surface area contributed by atoms with E-state index in [1.54, 1.807) is 50.9 Å². The maximum absolute atomic E-state index is 12.8. The van der Waals surface area contributed by atoms with Crippen molar-refractivity contribution in [3.8, 4) is 5.75 Å². The lowest BCUT2D eigenvalue weighted by Crippen LogP contribution is -2.64. The van der Waals surface area contributed by atoms with E-state index in [4.69, 9.17) is 9.47 Å². The number of hydrogen-bond acceptors (Lipinski definition) is 5. The van der Waals surface area contributed by atoms with E-state index in [0.717, 1.165) is 24.2 Å². The number of likely N-dealkylation sites (tertiary alicyclic amines) is 2. The van der Waals surface area contributed by atoms with E-state index in [1.807, 2.05) is 21.9 Å². The second-order valence-electron chi connectivity index (χ2n) is 7.38. The third-order valence-corrected chi connectivity index (χ3v) is 5.87. The number of amides is 2. The van der Waals surface area contributed by atoms with Gasteiger partial charge in [-0.2, -0.15) is 0 Å². The highest BCUT2D eigenvalue weighted by Gasteiger charge is 2.51. The molecule has 29 heavy (non-hydrogen) atoms. The number of methoxy groups -OCH3 is 2. The van der Waals surface area contributed by atoms with Crippen LogP contribution in [0, 0.1) is 0 Å². The van der Waals surface area contributed by atoms with Crippen LogP contribution in [-0.4, -0.2) is 66.1 Å². The van der Waals surface area contributed by atoms with Crippen molar-refractivity contribution in [2.24, 2.45) is 0 Å². The van der Waals surface area contributed by atoms with Crippen LogP contribution in [0.1, 0.15) is 34.8 Å². The predicted molar refractivity (Wildman–Crippen MR) is 107 cm³/mol. The van der Waals surface area contributed by atoms with Gasteiger partial charge < -0.3 is 19.3 Å². The maximum atomic E-state index is 12.8. The molecule has 0 aliphatic carbocycles. The van der Waals surface area contributed by atoms with Crippen LogP contribution >= 0.6 is 0 Å². The lowest BCUT2D eigenvalue weighted by Gasteiger charge is -2.52. The average Bonchev–Trinajstić information content (AvgIpc) is 2.78. The van der Waals surface area contributed by atoms with Gasteiger partial charge in [0.15, 0.2) is 6.10 Å². The Morgan fingerprint density at radius 1 is 1.03 bits per heavy atom. The summed E-state index contributed by atoms with van der Waals surface area (Å²) in [6.45, 7) is 1.25. The van der Waals surface area contributed by atoms with E-state index in [0.29, 0.717) is 18.7 Å². The van der Waals surface area contributed by atoms with Gasteiger partial charge in [0, 0.05) is 44.2 Å². The number of piperidine rings is 1. The van der Waals surface area contributed by atoms with Crippen LogP contribution in [0.25, 0.3) is 0 Å². The van der Waals surface area contributed by atoms with Crippen molar-refractivity contribution in [3.63, 3.8) is 0 Å². The van der Waals surface area contributed by atoms with Crippen LogP contribution in [-0.2, 0) is 9.53 Å². The van der Waals surface area contributed by atoms with Gasteiger partial charge >= 0.3 is 0 Å². The summed E-state index contributed by atoms with van der Waals surface area (Å²) >= 11 is 0. The molecule has 2 fully saturated rings. The molecule has 7 nitrogen and oxygen atoms in total. The van der Waals surface area contributed by atoms with Crippen LogP contribution in [0.4, 0.5) is 0 Å². The van der Waals surface area contributed by atoms with Gasteiger partial charge in [0.2, 0.25) is 0 Å². The first kappa shape index (κ1) is 19.4. The van der Waals surface area contributed by atoms with Crippen molar-refractivity contribution in [1.29, 1.82) is 0 Å². The Hall–Kier alpha value is -2.93. The first-order valence-electron chi connectivity index (χ1n) is 9.82. The minimum atomic E-state index is -0.448. The minimum Gasteiger partial charge on any atom is -0.497 e. The van der Waals surface area contributed by atoms with Gasteiger partial charge in [-0.1, -0.05) is 0 Å². The third-order valence-electron chi connectivity index (χ3n) is 5.87. The summed E-state index contributed by atoms with van der Waals surface area (Å²) in [7, 11) is 3.18. The van der Waals surface area contributed by atoms with Gasteiger partial charge in [-0.25, -0.2) is 0 Å². The number of aromatic nitrogens is 1. The zero-order valence-electron chi connectivity index (χ0n) is 16.7. The molecule has 2 aliphatic heterocycles. The van der Waals surface area contributed by atoms with E-state index in [-0.39, 0.29) is 23.9 Å². The van der Waals surface area contributed by atoms with Crippen LogP contribution in [0.2, 0.25) is 0 Å². The first-order valence-corrected chi connectivity index (χ1v) is 9.82. The summed E-state index contributed by atoms with van der Waals surface area (Å²) in [4.78, 5) is 33.3. The largest absolute Gasteiger partial charge is 0.497 e. The van der Waals surface area contributed by atoms with Gasteiger partial charge in [-0.05, 0) is 54.8 Å². The van der Waals surface area contributed by atoms with E-state index in [1.165, 1.54) is 0 Å². The number of carbonyl (C=O) groups excluding carboxylic acids is 2. The topological polar surface area (TPSA) is 72.0 Å². The van der Waals surface area contributed by atoms with Gasteiger partial charge in [0.25, 0.3) is 11.8 Å². The summed E-state index contributed by atoms with van der Waals surface area (Å²) in [5, 5.41) is 0. The second-order valence-corrected chi connectivity index (χ2v) is 7.38. The lowest BCUT2D eigenvalue weighted by atomic mass is 9.86. The molecule has 2 saturated heterocycles. The van der Waals surface area contributed by atoms with E-state index >= 15 is 0 Å². The summed E-state index contributed by atoms with van der Waals surface area (Å²) in [5.74, 6) is 0.766. The smallest absolute Gasteiger partial charge is 0.255 e. The standard InChI is InChI=1S/C22H25N3O4/c1-28-18-5-3-16(4-6-18)21(26)24-13-9-17(10-14-24)25-19(20(29-2)22(25)27)15-7-11-23-12-8-15/h3-8,11-12,17,19-20H,9-10,13-14H2,1-2H3/t19-,20+/m0/s1. The van der Waals surface area contributed by atoms with Crippen LogP contribution < -0.4 is 4.74 Å². The van der Waals surface area contributed by atoms with Gasteiger partial charge in [0.05, 0.1) is 13.2 Å². The van der Waals surface area contributed by atoms with Gasteiger partial charge in [-0.15, -0.1) is 0 Å². The number of carbonyl (C=O) groups is 2. The van der Waals surface area contributed by atoms with Crippen LogP contribution in [0.15, 0.2) is 48.8 Å². The maximum Gasteiger partial charge on any atom is 0.255 e. The first-order chi connectivity index (χ1) is 14.1. The molecule has 0 saturated carbocycles. The van der Waals surface area contributed by atoms with Crippen molar-refractivity contribution in [2.75, 3.05) is 27.3 Å². The average molecular weight is 395 g/mol. The fourth-order valence-corrected chi connectivity index (χ4v) is 4.28. The Bertz CT molecular complexity index is 863. The summed E-state index contributed by atoms with van der Waals surface area (Å²) < 4.78 is 10.6. The predicted octanol–water partition coefficient (Wildman–Crippen LogP) is 2.29. The lowest BCUT2D eigenvalue weighted by molar-refractivity contribution is -0.178. The quantitative estimate of drug-likeness (QED) is 0.727. The fourth-order valence-electron chi connectivity index (χ4n) is 4.28. The van der Waals surface area contributed by atoms with Crippen LogP contribution in [0.3, 0.4) is 0 Å². The number of nitrogens with zero attached hydrogens (tertiary/aromatic N) is 3. The molecule has 0 unspecified atom stereocenters. The van der Waals surface area contributed by atoms with E-state index < -0.39 is 6.10 Å². The molecule has 2 amide bonds. The molecular weight excluding hydrogens is 370 g/mol. The molecule has 4 rings (SSSR count). The molecule has 0 N–H and O–H groups in total. The number of β-lactam (4-membered cyclic amide) rings is 1. The molecule has 0 radical (unpaired) electrons. The van der Waals surface area contributed by atoms with Crippen molar-refractivity contribution in [3.05, 3.63) is 59.9 Å². The molecule has 2 atom stereocenters. The molecule has 152 valence electrons. The Morgan fingerprint density at radius 3 is 2.28 bits per heavy atom. The normalized spacial score (nSPS) is 22.3. The molecule has 7 heteroatoms. The second kappa shape index (κ2) is 8.21. The highest BCUT2D eigenvalue weighted by Crippen LogP contribution is 2.40. The number of pyridine rings is 1. The Kier molecular flexibility index (Phi) is 5.49. The zero-order valence-corrected chi connectivity index (χ0v) is 16.7. The van der Waals surface area contributed by atoms with Crippen molar-refractivity contribution in [1.82, 2.24) is 14.8 Å². The number of ether oxygens (including phenoxy) is 2. The molecule has 1 aromatic heterocycles. The molecule has 1 aromatic carbocycles. The molecule has 0 bridgehead atoms. The van der Waals surface area contributed by atoms with Gasteiger partial charge in [-0.3, -0.25) is 14.6 Å². The third kappa shape index (κ3) is 3.58. The Labute approximate surface area is 170 Å². The van der Waals surface area contributed by atoms with E-state index in [9.17, 15) is 9.59 Å². The Balaban J connectivity index is 1.42. The minimum absolute atomic E-state index is 0.0153. The highest BCUT2D eigenvalue weighted by atomic mass is 16.5. The van der Waals surface area contributed by atoms with Crippen molar-refractivity contribution < 1.29 is 19.1 Å². The molecule has 2 aromatic rings. The summed E-state index contributed by atoms with van der Waals surface area (Å²) in [6.07, 6.45) is 4.53. The SMILES string of the molecule is COc1ccc(C(=O)N2CCC(N3C(=O)[C@H](OC)[C@@H]3c3ccncc3)CC2)cc1.